The topological polar surface area (TPSA) is 15.8 Å². The maximum Gasteiger partial charge on any atom is 0.199 e. The maximum absolute atomic E-state index is 13.3. The molecule has 0 aliphatic carbocycles. The van der Waals surface area contributed by atoms with Gasteiger partial charge in [0.2, 0.25) is 0 Å². The fourth-order valence-electron chi connectivity index (χ4n) is 1.57. The van der Waals surface area contributed by atoms with Gasteiger partial charge in [-0.1, -0.05) is 0 Å². The molecule has 0 aliphatic rings. The summed E-state index contributed by atoms with van der Waals surface area (Å²) in [5.74, 6) is -6.31. The van der Waals surface area contributed by atoms with Crippen LogP contribution in [0.15, 0.2) is 0 Å². The molecule has 80 valence electrons. The van der Waals surface area contributed by atoms with Gasteiger partial charge in [0.05, 0.1) is 5.52 Å². The van der Waals surface area contributed by atoms with E-state index < -0.39 is 23.3 Å². The number of benzene rings is 1. The molecule has 5 heteroatoms. The van der Waals surface area contributed by atoms with Gasteiger partial charge in [-0.2, -0.15) is 0 Å². The van der Waals surface area contributed by atoms with Crippen molar-refractivity contribution in [1.82, 2.24) is 4.98 Å². The van der Waals surface area contributed by atoms with E-state index in [1.54, 1.807) is 6.92 Å². The molecule has 1 nitrogen and oxygen atoms in total. The van der Waals surface area contributed by atoms with Crippen LogP contribution < -0.4 is 0 Å². The minimum atomic E-state index is -1.79. The smallest absolute Gasteiger partial charge is 0.199 e. The van der Waals surface area contributed by atoms with Gasteiger partial charge >= 0.3 is 0 Å². The highest BCUT2D eigenvalue weighted by molar-refractivity contribution is 5.85. The van der Waals surface area contributed by atoms with Crippen LogP contribution in [0.1, 0.15) is 11.3 Å². The quantitative estimate of drug-likeness (QED) is 0.395. The van der Waals surface area contributed by atoms with E-state index in [0.29, 0.717) is 11.3 Å². The second-order valence-corrected chi connectivity index (χ2v) is 3.38. The van der Waals surface area contributed by atoms with Crippen molar-refractivity contribution >= 4 is 10.9 Å². The third-order valence-corrected chi connectivity index (χ3v) is 2.52. The molecule has 0 bridgehead atoms. The largest absolute Gasteiger partial charge is 0.356 e. The minimum Gasteiger partial charge on any atom is -0.356 e. The van der Waals surface area contributed by atoms with Crippen LogP contribution in [0.3, 0.4) is 0 Å². The molecule has 0 aliphatic heterocycles. The molecular formula is C10H7F4N. The highest BCUT2D eigenvalue weighted by Crippen LogP contribution is 2.30. The van der Waals surface area contributed by atoms with E-state index in [2.05, 4.69) is 4.98 Å². The van der Waals surface area contributed by atoms with Crippen molar-refractivity contribution < 1.29 is 17.6 Å². The Balaban J connectivity index is 3.07. The highest BCUT2D eigenvalue weighted by atomic mass is 19.2. The Morgan fingerprint density at radius 1 is 0.800 bits per heavy atom. The molecule has 2 rings (SSSR count). The van der Waals surface area contributed by atoms with Gasteiger partial charge in [-0.3, -0.25) is 0 Å². The predicted molar refractivity (Wildman–Crippen MR) is 47.6 cm³/mol. The van der Waals surface area contributed by atoms with Crippen molar-refractivity contribution in [3.8, 4) is 0 Å². The summed E-state index contributed by atoms with van der Waals surface area (Å²) in [4.78, 5) is 2.48. The van der Waals surface area contributed by atoms with Gasteiger partial charge in [-0.25, -0.2) is 17.6 Å². The molecule has 1 heterocycles. The molecule has 1 aromatic carbocycles. The van der Waals surface area contributed by atoms with E-state index in [4.69, 9.17) is 0 Å². The third kappa shape index (κ3) is 1.15. The van der Waals surface area contributed by atoms with Gasteiger partial charge in [-0.15, -0.1) is 0 Å². The van der Waals surface area contributed by atoms with Crippen molar-refractivity contribution in [3.05, 3.63) is 34.5 Å². The molecule has 0 saturated heterocycles. The van der Waals surface area contributed by atoms with Crippen LogP contribution in [-0.2, 0) is 0 Å². The minimum absolute atomic E-state index is 0.232. The normalized spacial score (nSPS) is 11.3. The van der Waals surface area contributed by atoms with E-state index in [9.17, 15) is 17.6 Å². The molecule has 15 heavy (non-hydrogen) atoms. The van der Waals surface area contributed by atoms with E-state index in [-0.39, 0.29) is 10.9 Å². The Bertz CT molecular complexity index is 557. The van der Waals surface area contributed by atoms with Crippen LogP contribution in [0.5, 0.6) is 0 Å². The van der Waals surface area contributed by atoms with Gasteiger partial charge < -0.3 is 4.98 Å². The molecular weight excluding hydrogens is 210 g/mol. The standard InChI is InChI=1S/C10H7F4N/c1-3-4(2)15-10-5(3)6(11)7(12)8(13)9(10)14/h15H,1-2H3. The molecule has 0 fully saturated rings. The Hall–Kier alpha value is -1.52. The van der Waals surface area contributed by atoms with Crippen LogP contribution in [0, 0.1) is 37.1 Å². The van der Waals surface area contributed by atoms with E-state index in [0.717, 1.165) is 0 Å². The van der Waals surface area contributed by atoms with Gasteiger partial charge in [0, 0.05) is 11.1 Å². The van der Waals surface area contributed by atoms with Gasteiger partial charge in [0.15, 0.2) is 23.3 Å². The summed E-state index contributed by atoms with van der Waals surface area (Å²) in [5.41, 5.74) is 0.523. The Morgan fingerprint density at radius 3 is 1.93 bits per heavy atom. The van der Waals surface area contributed by atoms with Crippen LogP contribution in [0.25, 0.3) is 10.9 Å². The summed E-state index contributed by atoms with van der Waals surface area (Å²) < 4.78 is 52.3. The molecule has 0 atom stereocenters. The van der Waals surface area contributed by atoms with Crippen molar-refractivity contribution in [2.45, 2.75) is 13.8 Å². The summed E-state index contributed by atoms with van der Waals surface area (Å²) in [6, 6.07) is 0. The highest BCUT2D eigenvalue weighted by Gasteiger charge is 2.23. The molecule has 0 radical (unpaired) electrons. The zero-order valence-corrected chi connectivity index (χ0v) is 8.01. The predicted octanol–water partition coefficient (Wildman–Crippen LogP) is 3.34. The Morgan fingerprint density at radius 2 is 1.33 bits per heavy atom. The fourth-order valence-corrected chi connectivity index (χ4v) is 1.57. The molecule has 0 saturated carbocycles. The lowest BCUT2D eigenvalue weighted by atomic mass is 10.1. The number of nitrogens with one attached hydrogen (secondary N) is 1. The van der Waals surface area contributed by atoms with E-state index in [1.807, 2.05) is 0 Å². The second kappa shape index (κ2) is 2.98. The Kier molecular flexibility index (Phi) is 1.99. The number of aromatic amines is 1. The first kappa shape index (κ1) is 10.0. The summed E-state index contributed by atoms with van der Waals surface area (Å²) in [6.07, 6.45) is 0. The van der Waals surface area contributed by atoms with E-state index in [1.165, 1.54) is 6.92 Å². The summed E-state index contributed by atoms with van der Waals surface area (Å²) in [7, 11) is 0. The van der Waals surface area contributed by atoms with E-state index >= 15 is 0 Å². The first-order valence-corrected chi connectivity index (χ1v) is 4.26. The van der Waals surface area contributed by atoms with Crippen molar-refractivity contribution in [2.24, 2.45) is 0 Å². The molecule has 0 unspecified atom stereocenters. The average molecular weight is 217 g/mol. The second-order valence-electron chi connectivity index (χ2n) is 3.38. The Labute approximate surface area is 82.7 Å². The number of fused-ring (bicyclic) bond motifs is 1. The zero-order chi connectivity index (χ0) is 11.3. The lowest BCUT2D eigenvalue weighted by Gasteiger charge is -2.00. The lowest BCUT2D eigenvalue weighted by Crippen LogP contribution is -1.97. The third-order valence-electron chi connectivity index (χ3n) is 2.52. The zero-order valence-electron chi connectivity index (χ0n) is 8.01. The monoisotopic (exact) mass is 217 g/mol. The van der Waals surface area contributed by atoms with Crippen molar-refractivity contribution in [1.29, 1.82) is 0 Å². The molecule has 1 N–H and O–H groups in total. The summed E-state index contributed by atoms with van der Waals surface area (Å²) in [5, 5.41) is -0.232. The molecule has 0 amide bonds. The summed E-state index contributed by atoms with van der Waals surface area (Å²) in [6.45, 7) is 3.08. The van der Waals surface area contributed by atoms with Gasteiger partial charge in [0.25, 0.3) is 0 Å². The molecule has 0 spiro atoms. The lowest BCUT2D eigenvalue weighted by molar-refractivity contribution is 0.417. The maximum atomic E-state index is 13.3. The number of hydrogen-bond acceptors (Lipinski definition) is 0. The number of aryl methyl sites for hydroxylation is 2. The van der Waals surface area contributed by atoms with Gasteiger partial charge in [-0.05, 0) is 19.4 Å². The number of halogens is 4. The number of aromatic nitrogens is 1. The van der Waals surface area contributed by atoms with Gasteiger partial charge in [0.1, 0.15) is 0 Å². The van der Waals surface area contributed by atoms with Crippen LogP contribution in [0.2, 0.25) is 0 Å². The average Bonchev–Trinajstić information content (AvgIpc) is 2.50. The van der Waals surface area contributed by atoms with Crippen LogP contribution in [-0.4, -0.2) is 4.98 Å². The SMILES string of the molecule is Cc1[nH]c2c(F)c(F)c(F)c(F)c2c1C. The molecule has 2 aromatic rings. The van der Waals surface area contributed by atoms with Crippen LogP contribution in [0.4, 0.5) is 17.6 Å². The van der Waals surface area contributed by atoms with Crippen LogP contribution >= 0.6 is 0 Å². The van der Waals surface area contributed by atoms with Crippen molar-refractivity contribution in [2.75, 3.05) is 0 Å². The summed E-state index contributed by atoms with van der Waals surface area (Å²) >= 11 is 0. The number of hydrogen-bond donors (Lipinski definition) is 1. The number of H-pyrrole nitrogens is 1. The number of rotatable bonds is 0. The first-order chi connectivity index (χ1) is 6.95. The fraction of sp³-hybridized carbons (Fsp3) is 0.200. The first-order valence-electron chi connectivity index (χ1n) is 4.26. The molecule has 1 aromatic heterocycles. The van der Waals surface area contributed by atoms with Crippen molar-refractivity contribution in [3.63, 3.8) is 0 Å².